The number of hydrogen-bond acceptors (Lipinski definition) is 5. The summed E-state index contributed by atoms with van der Waals surface area (Å²) in [5, 5.41) is 3.37. The van der Waals surface area contributed by atoms with E-state index in [0.717, 1.165) is 38.5 Å². The van der Waals surface area contributed by atoms with Crippen LogP contribution in [0.2, 0.25) is 0 Å². The Bertz CT molecular complexity index is 438. The zero-order valence-electron chi connectivity index (χ0n) is 12.2. The van der Waals surface area contributed by atoms with E-state index in [4.69, 9.17) is 4.74 Å². The van der Waals surface area contributed by atoms with Gasteiger partial charge in [-0.05, 0) is 25.2 Å². The van der Waals surface area contributed by atoms with E-state index in [-0.39, 0.29) is 23.4 Å². The molecule has 1 aliphatic carbocycles. The summed E-state index contributed by atoms with van der Waals surface area (Å²) in [4.78, 5) is 12.2. The van der Waals surface area contributed by atoms with Gasteiger partial charge in [0.1, 0.15) is 5.54 Å². The molecule has 0 aromatic heterocycles. The molecule has 1 aliphatic heterocycles. The molecule has 2 rings (SSSR count). The third-order valence-corrected chi connectivity index (χ3v) is 6.43. The van der Waals surface area contributed by atoms with Gasteiger partial charge in [0.15, 0.2) is 9.84 Å². The molecule has 0 radical (unpaired) electrons. The van der Waals surface area contributed by atoms with Crippen LogP contribution in [0.4, 0.5) is 0 Å². The van der Waals surface area contributed by atoms with E-state index in [1.54, 1.807) is 0 Å². The summed E-state index contributed by atoms with van der Waals surface area (Å²) >= 11 is 0. The third kappa shape index (κ3) is 3.73. The van der Waals surface area contributed by atoms with E-state index in [0.29, 0.717) is 13.0 Å². The van der Waals surface area contributed by atoms with Crippen molar-refractivity contribution >= 4 is 15.8 Å². The average molecular weight is 303 g/mol. The van der Waals surface area contributed by atoms with E-state index in [9.17, 15) is 13.2 Å². The maximum Gasteiger partial charge on any atom is 0.326 e. The van der Waals surface area contributed by atoms with Gasteiger partial charge in [-0.25, -0.2) is 8.42 Å². The predicted molar refractivity (Wildman–Crippen MR) is 77.2 cm³/mol. The van der Waals surface area contributed by atoms with Crippen LogP contribution < -0.4 is 5.32 Å². The van der Waals surface area contributed by atoms with Crippen molar-refractivity contribution in [1.82, 2.24) is 5.32 Å². The highest BCUT2D eigenvalue weighted by Gasteiger charge is 2.40. The van der Waals surface area contributed by atoms with Crippen LogP contribution in [-0.2, 0) is 19.4 Å². The topological polar surface area (TPSA) is 72.5 Å². The summed E-state index contributed by atoms with van der Waals surface area (Å²) in [6.07, 6.45) is 6.62. The van der Waals surface area contributed by atoms with Crippen LogP contribution in [0.25, 0.3) is 0 Å². The molecule has 0 unspecified atom stereocenters. The molecule has 2 aliphatic rings. The van der Waals surface area contributed by atoms with Crippen molar-refractivity contribution in [3.8, 4) is 0 Å². The first-order valence-corrected chi connectivity index (χ1v) is 9.33. The van der Waals surface area contributed by atoms with Crippen LogP contribution in [0.15, 0.2) is 0 Å². The Kier molecular flexibility index (Phi) is 5.07. The van der Waals surface area contributed by atoms with Crippen molar-refractivity contribution in [1.29, 1.82) is 0 Å². The Balaban J connectivity index is 1.99. The molecule has 1 atom stereocenters. The average Bonchev–Trinajstić information content (AvgIpc) is 2.64. The molecular weight excluding hydrogens is 278 g/mol. The maximum absolute atomic E-state index is 12.2. The van der Waals surface area contributed by atoms with Gasteiger partial charge >= 0.3 is 5.97 Å². The second-order valence-electron chi connectivity index (χ2n) is 6.14. The van der Waals surface area contributed by atoms with Crippen molar-refractivity contribution in [2.75, 3.05) is 25.2 Å². The minimum Gasteiger partial charge on any atom is -0.468 e. The first-order chi connectivity index (χ1) is 9.47. The van der Waals surface area contributed by atoms with E-state index in [2.05, 4.69) is 5.32 Å². The SMILES string of the molecule is COC(=O)C1(NC[C@@H]2CCS(=O)(=O)C2)CCCCCC1. The molecule has 1 heterocycles. The van der Waals surface area contributed by atoms with Gasteiger partial charge in [-0.1, -0.05) is 25.7 Å². The van der Waals surface area contributed by atoms with Gasteiger partial charge in [-0.15, -0.1) is 0 Å². The Hall–Kier alpha value is -0.620. The summed E-state index contributed by atoms with van der Waals surface area (Å²) in [5.41, 5.74) is -0.600. The minimum absolute atomic E-state index is 0.129. The van der Waals surface area contributed by atoms with Gasteiger partial charge in [-0.2, -0.15) is 0 Å². The number of methoxy groups -OCH3 is 1. The minimum atomic E-state index is -2.86. The van der Waals surface area contributed by atoms with Gasteiger partial charge in [-0.3, -0.25) is 4.79 Å². The molecule has 1 saturated carbocycles. The lowest BCUT2D eigenvalue weighted by Crippen LogP contribution is -2.53. The van der Waals surface area contributed by atoms with Crippen LogP contribution >= 0.6 is 0 Å². The number of carbonyl (C=O) groups excluding carboxylic acids is 1. The normalized spacial score (nSPS) is 28.8. The molecule has 1 N–H and O–H groups in total. The van der Waals surface area contributed by atoms with Crippen molar-refractivity contribution in [3.63, 3.8) is 0 Å². The molecule has 5 nitrogen and oxygen atoms in total. The molecule has 0 bridgehead atoms. The summed E-state index contributed by atoms with van der Waals surface area (Å²) in [6.45, 7) is 0.592. The van der Waals surface area contributed by atoms with E-state index in [1.165, 1.54) is 7.11 Å². The lowest BCUT2D eigenvalue weighted by Gasteiger charge is -2.32. The molecule has 0 spiro atoms. The molecule has 0 aromatic carbocycles. The predicted octanol–water partition coefficient (Wildman–Crippen LogP) is 1.28. The quantitative estimate of drug-likeness (QED) is 0.625. The monoisotopic (exact) mass is 303 g/mol. The van der Waals surface area contributed by atoms with Gasteiger partial charge in [0.2, 0.25) is 0 Å². The third-order valence-electron chi connectivity index (χ3n) is 4.59. The van der Waals surface area contributed by atoms with Crippen LogP contribution in [0.3, 0.4) is 0 Å². The van der Waals surface area contributed by atoms with Crippen LogP contribution in [0, 0.1) is 5.92 Å². The van der Waals surface area contributed by atoms with Crippen LogP contribution in [0.1, 0.15) is 44.9 Å². The smallest absolute Gasteiger partial charge is 0.326 e. The fraction of sp³-hybridized carbons (Fsp3) is 0.929. The first kappa shape index (κ1) is 15.8. The van der Waals surface area contributed by atoms with Crippen LogP contribution in [0.5, 0.6) is 0 Å². The Morgan fingerprint density at radius 2 is 1.90 bits per heavy atom. The fourth-order valence-corrected chi connectivity index (χ4v) is 5.22. The molecule has 0 amide bonds. The van der Waals surface area contributed by atoms with Gasteiger partial charge in [0, 0.05) is 6.54 Å². The number of hydrogen-bond donors (Lipinski definition) is 1. The van der Waals surface area contributed by atoms with Crippen molar-refractivity contribution in [2.45, 2.75) is 50.5 Å². The molecule has 6 heteroatoms. The molecule has 20 heavy (non-hydrogen) atoms. The van der Waals surface area contributed by atoms with Gasteiger partial charge < -0.3 is 10.1 Å². The first-order valence-electron chi connectivity index (χ1n) is 7.51. The summed E-state index contributed by atoms with van der Waals surface area (Å²) in [5.74, 6) is 0.465. The lowest BCUT2D eigenvalue weighted by atomic mass is 9.89. The Morgan fingerprint density at radius 3 is 2.40 bits per heavy atom. The number of carbonyl (C=O) groups is 1. The fourth-order valence-electron chi connectivity index (χ4n) is 3.35. The zero-order valence-corrected chi connectivity index (χ0v) is 13.0. The highest BCUT2D eigenvalue weighted by atomic mass is 32.2. The van der Waals surface area contributed by atoms with Crippen molar-refractivity contribution in [2.24, 2.45) is 5.92 Å². The molecule has 0 aromatic rings. The molecule has 116 valence electrons. The summed E-state index contributed by atoms with van der Waals surface area (Å²) < 4.78 is 28.0. The number of nitrogens with one attached hydrogen (secondary N) is 1. The number of rotatable bonds is 4. The lowest BCUT2D eigenvalue weighted by molar-refractivity contribution is -0.149. The Labute approximate surface area is 121 Å². The molecule has 2 fully saturated rings. The van der Waals surface area contributed by atoms with Gasteiger partial charge in [0.05, 0.1) is 18.6 Å². The van der Waals surface area contributed by atoms with E-state index < -0.39 is 15.4 Å². The number of esters is 1. The Morgan fingerprint density at radius 1 is 1.25 bits per heavy atom. The number of sulfone groups is 1. The summed E-state index contributed by atoms with van der Waals surface area (Å²) in [7, 11) is -1.43. The highest BCUT2D eigenvalue weighted by Crippen LogP contribution is 2.29. The highest BCUT2D eigenvalue weighted by molar-refractivity contribution is 7.91. The van der Waals surface area contributed by atoms with E-state index >= 15 is 0 Å². The van der Waals surface area contributed by atoms with E-state index in [1.807, 2.05) is 0 Å². The van der Waals surface area contributed by atoms with Crippen molar-refractivity contribution < 1.29 is 17.9 Å². The largest absolute Gasteiger partial charge is 0.468 e. The summed E-state index contributed by atoms with van der Waals surface area (Å²) in [6, 6.07) is 0. The molecule has 1 saturated heterocycles. The second-order valence-corrected chi connectivity index (χ2v) is 8.37. The second kappa shape index (κ2) is 6.43. The maximum atomic E-state index is 12.2. The number of ether oxygens (including phenoxy) is 1. The molecular formula is C14H25NO4S. The van der Waals surface area contributed by atoms with Gasteiger partial charge in [0.25, 0.3) is 0 Å². The zero-order chi connectivity index (χ0) is 14.6. The van der Waals surface area contributed by atoms with Crippen molar-refractivity contribution in [3.05, 3.63) is 0 Å². The van der Waals surface area contributed by atoms with Crippen LogP contribution in [-0.4, -0.2) is 45.1 Å². The standard InChI is InChI=1S/C14H25NO4S/c1-19-13(16)14(7-4-2-3-5-8-14)15-10-12-6-9-20(17,18)11-12/h12,15H,2-11H2,1H3/t12-/m0/s1.